The highest BCUT2D eigenvalue weighted by atomic mass is 16.5. The van der Waals surface area contributed by atoms with Crippen LogP contribution in [0.1, 0.15) is 62.4 Å². The Labute approximate surface area is 302 Å². The summed E-state index contributed by atoms with van der Waals surface area (Å²) >= 11 is 0. The number of nitrogens with one attached hydrogen (secondary N) is 5. The van der Waals surface area contributed by atoms with Crippen molar-refractivity contribution in [2.75, 3.05) is 33.9 Å². The Balaban J connectivity index is 1.18. The Hall–Kier alpha value is -6.10. The number of methoxy groups -OCH3 is 2. The van der Waals surface area contributed by atoms with Gasteiger partial charge in [0.1, 0.15) is 24.2 Å². The maximum Gasteiger partial charge on any atom is 0.407 e. The van der Waals surface area contributed by atoms with Crippen molar-refractivity contribution in [3.8, 4) is 23.1 Å². The summed E-state index contributed by atoms with van der Waals surface area (Å²) in [5.41, 5.74) is 6.15. The average Bonchev–Trinajstić information content (AvgIpc) is 3.93. The predicted octanol–water partition coefficient (Wildman–Crippen LogP) is 4.36. The molecule has 1 aliphatic rings. The number of hydrogen-bond donors (Lipinski definition) is 5. The number of benzene rings is 2. The molecule has 2 atom stereocenters. The van der Waals surface area contributed by atoms with Gasteiger partial charge in [0, 0.05) is 30.6 Å². The predicted molar refractivity (Wildman–Crippen MR) is 195 cm³/mol. The van der Waals surface area contributed by atoms with E-state index in [2.05, 4.69) is 52.5 Å². The molecule has 2 aromatic heterocycles. The van der Waals surface area contributed by atoms with Gasteiger partial charge in [-0.15, -0.1) is 0 Å². The highest BCUT2D eigenvalue weighted by Gasteiger charge is 2.37. The van der Waals surface area contributed by atoms with E-state index in [1.165, 1.54) is 14.2 Å². The number of ether oxygens (including phenoxy) is 2. The topological polar surface area (TPSA) is 183 Å². The molecule has 0 saturated carbocycles. The molecule has 14 nitrogen and oxygen atoms in total. The average molecular weight is 709 g/mol. The lowest BCUT2D eigenvalue weighted by molar-refractivity contribution is -0.135. The van der Waals surface area contributed by atoms with Gasteiger partial charge in [-0.1, -0.05) is 49.5 Å². The van der Waals surface area contributed by atoms with Crippen LogP contribution in [0, 0.1) is 17.8 Å². The van der Waals surface area contributed by atoms with Gasteiger partial charge in [-0.25, -0.2) is 19.6 Å². The third-order valence-corrected chi connectivity index (χ3v) is 8.70. The van der Waals surface area contributed by atoms with E-state index in [-0.39, 0.29) is 30.3 Å². The summed E-state index contributed by atoms with van der Waals surface area (Å²) < 4.78 is 9.19. The third kappa shape index (κ3) is 9.57. The number of hydrogen-bond acceptors (Lipinski definition) is 8. The van der Waals surface area contributed by atoms with Gasteiger partial charge in [0.25, 0.3) is 0 Å². The van der Waals surface area contributed by atoms with Crippen molar-refractivity contribution in [2.24, 2.45) is 5.92 Å². The second kappa shape index (κ2) is 17.2. The van der Waals surface area contributed by atoms with Crippen LogP contribution in [0.25, 0.3) is 22.3 Å². The second-order valence-electron chi connectivity index (χ2n) is 12.8. The maximum absolute atomic E-state index is 13.5. The van der Waals surface area contributed by atoms with Gasteiger partial charge in [0.2, 0.25) is 11.8 Å². The molecule has 1 saturated heterocycles. The van der Waals surface area contributed by atoms with E-state index in [9.17, 15) is 19.2 Å². The number of imidazole rings is 2. The van der Waals surface area contributed by atoms with Gasteiger partial charge in [-0.3, -0.25) is 9.59 Å². The van der Waals surface area contributed by atoms with Crippen LogP contribution in [0.2, 0.25) is 0 Å². The third-order valence-electron chi connectivity index (χ3n) is 8.70. The molecule has 0 bridgehead atoms. The number of aromatic nitrogens is 4. The molecule has 272 valence electrons. The van der Waals surface area contributed by atoms with E-state index in [4.69, 9.17) is 4.74 Å². The molecular formula is C38H44N8O6. The fourth-order valence-electron chi connectivity index (χ4n) is 5.83. The van der Waals surface area contributed by atoms with Gasteiger partial charge in [0.05, 0.1) is 43.2 Å². The Bertz CT molecular complexity index is 2000. The van der Waals surface area contributed by atoms with Crippen LogP contribution in [0.5, 0.6) is 0 Å². The lowest BCUT2D eigenvalue weighted by atomic mass is 10.0. The first-order valence-electron chi connectivity index (χ1n) is 17.1. The van der Waals surface area contributed by atoms with Crippen molar-refractivity contribution in [2.45, 2.75) is 52.1 Å². The number of carbonyl (C=O) groups excluding carboxylic acids is 4. The minimum Gasteiger partial charge on any atom is -0.453 e. The molecule has 14 heteroatoms. The molecule has 0 aliphatic carbocycles. The molecule has 1 fully saturated rings. The van der Waals surface area contributed by atoms with E-state index >= 15 is 0 Å². The van der Waals surface area contributed by atoms with Gasteiger partial charge in [-0.05, 0) is 61.6 Å². The zero-order chi connectivity index (χ0) is 37.2. The quantitative estimate of drug-likeness (QED) is 0.113. The van der Waals surface area contributed by atoms with E-state index in [0.717, 1.165) is 57.7 Å². The van der Waals surface area contributed by atoms with Gasteiger partial charge >= 0.3 is 12.2 Å². The Morgan fingerprint density at radius 3 is 2.44 bits per heavy atom. The van der Waals surface area contributed by atoms with Crippen LogP contribution in [0.15, 0.2) is 60.3 Å². The molecule has 52 heavy (non-hydrogen) atoms. The summed E-state index contributed by atoms with van der Waals surface area (Å²) in [5.74, 6) is 7.40. The van der Waals surface area contributed by atoms with Crippen LogP contribution in [-0.4, -0.2) is 88.7 Å². The Morgan fingerprint density at radius 2 is 1.71 bits per heavy atom. The minimum atomic E-state index is -0.688. The number of H-pyrrole nitrogens is 2. The van der Waals surface area contributed by atoms with Crippen LogP contribution < -0.4 is 16.0 Å². The number of carbonyl (C=O) groups is 4. The molecule has 0 spiro atoms. The van der Waals surface area contributed by atoms with Crippen LogP contribution in [0.4, 0.5) is 9.59 Å². The first-order chi connectivity index (χ1) is 25.0. The largest absolute Gasteiger partial charge is 0.453 e. The van der Waals surface area contributed by atoms with Crippen LogP contribution in [-0.2, 0) is 25.5 Å². The Morgan fingerprint density at radius 1 is 0.981 bits per heavy atom. The highest BCUT2D eigenvalue weighted by Crippen LogP contribution is 2.32. The van der Waals surface area contributed by atoms with Gasteiger partial charge < -0.3 is 40.3 Å². The standard InChI is InChI=1S/C38H44N8O6/c1-23(2)34(45-38(50)52-5)36(48)46-18-6-7-31(46)35-40-21-30(44-35)27-14-11-25(12-15-27)9-10-26-13-16-28-29(19-26)43-32(42-28)17-8-24(3)20-39-33(47)22-41-37(49)51-4/h8,11-16,19,21,23,31,34H,6-7,17-18,20,22H2,1-5H3,(H,39,47)(H,40,44)(H,41,49)(H,42,43)(H,45,50)/b24-8-. The molecule has 4 amide bonds. The number of amides is 4. The summed E-state index contributed by atoms with van der Waals surface area (Å²) in [6.45, 7) is 6.48. The maximum atomic E-state index is 13.5. The molecule has 5 rings (SSSR count). The van der Waals surface area contributed by atoms with E-state index in [1.54, 1.807) is 11.1 Å². The fraction of sp³-hybridized carbons (Fsp3) is 0.368. The minimum absolute atomic E-state index is 0.105. The van der Waals surface area contributed by atoms with Crippen molar-refractivity contribution in [3.63, 3.8) is 0 Å². The van der Waals surface area contributed by atoms with E-state index < -0.39 is 18.2 Å². The Kier molecular flexibility index (Phi) is 12.3. The number of fused-ring (bicyclic) bond motifs is 1. The number of aromatic amines is 2. The number of allylic oxidation sites excluding steroid dienone is 1. The monoisotopic (exact) mass is 708 g/mol. The van der Waals surface area contributed by atoms with Crippen LogP contribution >= 0.6 is 0 Å². The lowest BCUT2D eigenvalue weighted by Gasteiger charge is -2.30. The summed E-state index contributed by atoms with van der Waals surface area (Å²) in [4.78, 5) is 66.2. The lowest BCUT2D eigenvalue weighted by Crippen LogP contribution is -2.51. The number of nitrogens with zero attached hydrogens (tertiary/aromatic N) is 3. The molecular weight excluding hydrogens is 664 g/mol. The van der Waals surface area contributed by atoms with Gasteiger partial charge in [-0.2, -0.15) is 0 Å². The normalized spacial score (nSPS) is 14.8. The number of rotatable bonds is 11. The van der Waals surface area contributed by atoms with Crippen molar-refractivity contribution in [1.82, 2.24) is 40.8 Å². The molecule has 3 heterocycles. The zero-order valence-corrected chi connectivity index (χ0v) is 30.0. The first-order valence-corrected chi connectivity index (χ1v) is 17.1. The molecule has 2 aromatic carbocycles. The fourth-order valence-corrected chi connectivity index (χ4v) is 5.83. The zero-order valence-electron chi connectivity index (χ0n) is 30.0. The number of alkyl carbamates (subject to hydrolysis) is 2. The summed E-state index contributed by atoms with van der Waals surface area (Å²) in [6, 6.07) is 12.8. The molecule has 4 aromatic rings. The van der Waals surface area contributed by atoms with E-state index in [0.29, 0.717) is 25.3 Å². The summed E-state index contributed by atoms with van der Waals surface area (Å²) in [7, 11) is 2.52. The smallest absolute Gasteiger partial charge is 0.407 e. The molecule has 0 radical (unpaired) electrons. The SMILES string of the molecule is COC(=O)NCC(=O)NC/C(C)=C\Cc1nc2ccc(C#Cc3ccc(-c4cnc(C5CCCN5C(=O)C(NC(=O)OC)C(C)C)[nH]4)cc3)cc2[nH]1. The molecule has 1 aliphatic heterocycles. The number of likely N-dealkylation sites (tertiary alicyclic amines) is 1. The summed E-state index contributed by atoms with van der Waals surface area (Å²) in [5, 5.41) is 7.77. The van der Waals surface area contributed by atoms with Crippen molar-refractivity contribution in [1.29, 1.82) is 0 Å². The first kappa shape index (κ1) is 37.2. The van der Waals surface area contributed by atoms with Crippen molar-refractivity contribution < 1.29 is 28.7 Å². The second-order valence-corrected chi connectivity index (χ2v) is 12.8. The summed E-state index contributed by atoms with van der Waals surface area (Å²) in [6.07, 6.45) is 4.66. The van der Waals surface area contributed by atoms with Crippen molar-refractivity contribution >= 4 is 35.0 Å². The van der Waals surface area contributed by atoms with Crippen LogP contribution in [0.3, 0.4) is 0 Å². The van der Waals surface area contributed by atoms with Crippen molar-refractivity contribution in [3.05, 3.63) is 83.1 Å². The highest BCUT2D eigenvalue weighted by molar-refractivity contribution is 5.86. The van der Waals surface area contributed by atoms with Gasteiger partial charge in [0.15, 0.2) is 0 Å². The molecule has 5 N–H and O–H groups in total. The molecule has 2 unspecified atom stereocenters. The van der Waals surface area contributed by atoms with E-state index in [1.807, 2.05) is 69.3 Å².